The van der Waals surface area contributed by atoms with E-state index in [2.05, 4.69) is 6.92 Å². The molecule has 0 aromatic heterocycles. The van der Waals surface area contributed by atoms with Crippen molar-refractivity contribution in [1.29, 1.82) is 0 Å². The zero-order valence-electron chi connectivity index (χ0n) is 12.9. The highest BCUT2D eigenvalue weighted by molar-refractivity contribution is 6.04. The number of nitrogens with zero attached hydrogens (tertiary/aromatic N) is 1. The molecule has 21 heavy (non-hydrogen) atoms. The van der Waals surface area contributed by atoms with Gasteiger partial charge in [-0.2, -0.15) is 0 Å². The third-order valence-electron chi connectivity index (χ3n) is 3.73. The van der Waals surface area contributed by atoms with Gasteiger partial charge in [-0.05, 0) is 30.7 Å². The maximum absolute atomic E-state index is 12.3. The molecule has 0 bridgehead atoms. The number of rotatable bonds is 8. The minimum absolute atomic E-state index is 0.00156. The Kier molecular flexibility index (Phi) is 5.59. The first-order valence-corrected chi connectivity index (χ1v) is 7.30. The summed E-state index contributed by atoms with van der Waals surface area (Å²) >= 11 is 0. The van der Waals surface area contributed by atoms with E-state index in [0.717, 1.165) is 30.7 Å². The Labute approximate surface area is 125 Å². The number of amides is 1. The molecule has 0 saturated carbocycles. The monoisotopic (exact) mass is 293 g/mol. The molecule has 0 radical (unpaired) electrons. The predicted molar refractivity (Wildman–Crippen MR) is 80.5 cm³/mol. The van der Waals surface area contributed by atoms with E-state index in [4.69, 9.17) is 14.2 Å². The van der Waals surface area contributed by atoms with Gasteiger partial charge in [0, 0.05) is 12.8 Å². The van der Waals surface area contributed by atoms with Crippen molar-refractivity contribution in [1.82, 2.24) is 0 Å². The zero-order chi connectivity index (χ0) is 15.2. The number of carbonyl (C=O) groups excluding carboxylic acids is 1. The van der Waals surface area contributed by atoms with Crippen LogP contribution in [-0.4, -0.2) is 39.1 Å². The molecule has 0 N–H and O–H groups in total. The summed E-state index contributed by atoms with van der Waals surface area (Å²) in [5, 5.41) is 0. The van der Waals surface area contributed by atoms with Gasteiger partial charge in [-0.25, -0.2) is 0 Å². The Hall–Kier alpha value is -1.59. The predicted octanol–water partition coefficient (Wildman–Crippen LogP) is 2.59. The van der Waals surface area contributed by atoms with Crippen LogP contribution in [0.3, 0.4) is 0 Å². The molecule has 0 aliphatic carbocycles. The number of unbranched alkanes of at least 4 members (excludes halogenated alkanes) is 1. The lowest BCUT2D eigenvalue weighted by Gasteiger charge is -2.46. The smallest absolute Gasteiger partial charge is 0.258 e. The van der Waals surface area contributed by atoms with Crippen molar-refractivity contribution in [2.45, 2.75) is 38.3 Å². The second-order valence-corrected chi connectivity index (χ2v) is 5.11. The zero-order valence-corrected chi connectivity index (χ0v) is 12.9. The highest BCUT2D eigenvalue weighted by Crippen LogP contribution is 2.33. The van der Waals surface area contributed by atoms with Gasteiger partial charge in [0.1, 0.15) is 12.5 Å². The number of benzene rings is 1. The number of methoxy groups -OCH3 is 2. The molecular weight excluding hydrogens is 270 g/mol. The van der Waals surface area contributed by atoms with Crippen LogP contribution in [-0.2, 0) is 14.3 Å². The second-order valence-electron chi connectivity index (χ2n) is 5.11. The molecule has 2 atom stereocenters. The Morgan fingerprint density at radius 1 is 1.19 bits per heavy atom. The molecule has 1 aliphatic heterocycles. The van der Waals surface area contributed by atoms with E-state index < -0.39 is 6.10 Å². The summed E-state index contributed by atoms with van der Waals surface area (Å²) in [6, 6.07) is 7.62. The Morgan fingerprint density at radius 3 is 2.48 bits per heavy atom. The van der Waals surface area contributed by atoms with Crippen molar-refractivity contribution < 1.29 is 19.0 Å². The van der Waals surface area contributed by atoms with Crippen LogP contribution in [0.1, 0.15) is 26.2 Å². The van der Waals surface area contributed by atoms with Crippen molar-refractivity contribution in [3.63, 3.8) is 0 Å². The first kappa shape index (κ1) is 15.8. The number of carbonyl (C=O) groups is 1. The van der Waals surface area contributed by atoms with Gasteiger partial charge in [-0.3, -0.25) is 4.79 Å². The van der Waals surface area contributed by atoms with Gasteiger partial charge in [-0.15, -0.1) is 0 Å². The van der Waals surface area contributed by atoms with Crippen LogP contribution in [0.2, 0.25) is 0 Å². The van der Waals surface area contributed by atoms with Crippen molar-refractivity contribution in [3.05, 3.63) is 24.3 Å². The molecule has 1 amide bonds. The molecule has 1 saturated heterocycles. The molecule has 1 fully saturated rings. The highest BCUT2D eigenvalue weighted by Gasteiger charge is 2.48. The van der Waals surface area contributed by atoms with Crippen molar-refractivity contribution in [2.75, 3.05) is 25.9 Å². The number of anilines is 1. The molecule has 5 heteroatoms. The van der Waals surface area contributed by atoms with E-state index in [0.29, 0.717) is 0 Å². The normalized spacial score (nSPS) is 21.3. The molecule has 1 aromatic carbocycles. The summed E-state index contributed by atoms with van der Waals surface area (Å²) in [5.74, 6) is 0.780. The summed E-state index contributed by atoms with van der Waals surface area (Å²) in [6.07, 6.45) is 2.71. The third-order valence-corrected chi connectivity index (χ3v) is 3.73. The quantitative estimate of drug-likeness (QED) is 0.546. The molecular formula is C16H23NO4. The maximum Gasteiger partial charge on any atom is 0.258 e. The van der Waals surface area contributed by atoms with Gasteiger partial charge in [0.25, 0.3) is 5.91 Å². The van der Waals surface area contributed by atoms with Crippen LogP contribution in [0, 0.1) is 0 Å². The molecule has 1 aliphatic rings. The van der Waals surface area contributed by atoms with E-state index >= 15 is 0 Å². The second kappa shape index (κ2) is 7.43. The lowest BCUT2D eigenvalue weighted by Crippen LogP contribution is -2.66. The number of hydrogen-bond acceptors (Lipinski definition) is 4. The molecule has 2 unspecified atom stereocenters. The van der Waals surface area contributed by atoms with Gasteiger partial charge in [0.05, 0.1) is 13.2 Å². The Bertz CT molecular complexity index is 460. The molecule has 2 rings (SSSR count). The molecule has 5 nitrogen and oxygen atoms in total. The van der Waals surface area contributed by atoms with E-state index in [9.17, 15) is 4.79 Å². The van der Waals surface area contributed by atoms with Crippen LogP contribution in [0.25, 0.3) is 0 Å². The number of β-lactam (4-membered cyclic amide) rings is 1. The molecule has 116 valence electrons. The van der Waals surface area contributed by atoms with Crippen LogP contribution < -0.4 is 9.64 Å². The molecule has 1 aromatic rings. The maximum atomic E-state index is 12.3. The number of hydrogen-bond donors (Lipinski definition) is 0. The summed E-state index contributed by atoms with van der Waals surface area (Å²) in [7, 11) is 3.19. The third kappa shape index (κ3) is 3.36. The van der Waals surface area contributed by atoms with Gasteiger partial charge in [-0.1, -0.05) is 19.8 Å². The van der Waals surface area contributed by atoms with Crippen LogP contribution in [0.4, 0.5) is 5.69 Å². The van der Waals surface area contributed by atoms with E-state index in [1.54, 1.807) is 14.2 Å². The largest absolute Gasteiger partial charge is 0.497 e. The van der Waals surface area contributed by atoms with Crippen molar-refractivity contribution in [3.8, 4) is 5.75 Å². The summed E-state index contributed by atoms with van der Waals surface area (Å²) in [4.78, 5) is 14.1. The molecule has 1 heterocycles. The average Bonchev–Trinajstić information content (AvgIpc) is 2.52. The Balaban J connectivity index is 2.10. The van der Waals surface area contributed by atoms with Gasteiger partial charge >= 0.3 is 0 Å². The van der Waals surface area contributed by atoms with Crippen molar-refractivity contribution in [2.24, 2.45) is 0 Å². The Morgan fingerprint density at radius 2 is 1.90 bits per heavy atom. The lowest BCUT2D eigenvalue weighted by atomic mass is 9.92. The topological polar surface area (TPSA) is 48.0 Å². The van der Waals surface area contributed by atoms with Gasteiger partial charge in [0.2, 0.25) is 0 Å². The SMILES string of the molecule is CCCCC1C(OCOC)C(=O)N1c1ccc(OC)cc1. The van der Waals surface area contributed by atoms with Crippen LogP contribution in [0.5, 0.6) is 5.75 Å². The fourth-order valence-electron chi connectivity index (χ4n) is 2.60. The van der Waals surface area contributed by atoms with E-state index in [-0.39, 0.29) is 18.7 Å². The first-order chi connectivity index (χ1) is 10.2. The summed E-state index contributed by atoms with van der Waals surface area (Å²) in [6.45, 7) is 2.29. The van der Waals surface area contributed by atoms with E-state index in [1.807, 2.05) is 29.2 Å². The van der Waals surface area contributed by atoms with Crippen LogP contribution >= 0.6 is 0 Å². The highest BCUT2D eigenvalue weighted by atomic mass is 16.7. The lowest BCUT2D eigenvalue weighted by molar-refractivity contribution is -0.154. The first-order valence-electron chi connectivity index (χ1n) is 7.30. The van der Waals surface area contributed by atoms with Gasteiger partial charge < -0.3 is 19.1 Å². The average molecular weight is 293 g/mol. The minimum Gasteiger partial charge on any atom is -0.497 e. The minimum atomic E-state index is -0.390. The van der Waals surface area contributed by atoms with Crippen LogP contribution in [0.15, 0.2) is 24.3 Å². The van der Waals surface area contributed by atoms with E-state index in [1.165, 1.54) is 0 Å². The standard InChI is InChI=1S/C16H23NO4/c1-4-5-6-14-15(21-11-19-2)16(18)17(14)12-7-9-13(20-3)10-8-12/h7-10,14-15H,4-6,11H2,1-3H3. The summed E-state index contributed by atoms with van der Waals surface area (Å²) < 4.78 is 15.6. The number of ether oxygens (including phenoxy) is 3. The molecule has 0 spiro atoms. The fourth-order valence-corrected chi connectivity index (χ4v) is 2.60. The van der Waals surface area contributed by atoms with Crippen molar-refractivity contribution >= 4 is 11.6 Å². The fraction of sp³-hybridized carbons (Fsp3) is 0.562. The summed E-state index contributed by atoms with van der Waals surface area (Å²) in [5.41, 5.74) is 0.888. The van der Waals surface area contributed by atoms with Gasteiger partial charge in [0.15, 0.2) is 6.10 Å².